The van der Waals surface area contributed by atoms with Crippen molar-refractivity contribution in [2.45, 2.75) is 32.6 Å². The van der Waals surface area contributed by atoms with Gasteiger partial charge in [0.05, 0.1) is 5.56 Å². The second-order valence-electron chi connectivity index (χ2n) is 4.27. The molecule has 0 radical (unpaired) electrons. The summed E-state index contributed by atoms with van der Waals surface area (Å²) >= 11 is 0. The van der Waals surface area contributed by atoms with E-state index in [0.29, 0.717) is 5.56 Å². The average Bonchev–Trinajstić information content (AvgIpc) is 2.25. The number of aromatic carboxylic acids is 1. The summed E-state index contributed by atoms with van der Waals surface area (Å²) in [6, 6.07) is 5.19. The highest BCUT2D eigenvalue weighted by molar-refractivity contribution is 5.89. The molecule has 4 heteroatoms. The van der Waals surface area contributed by atoms with Gasteiger partial charge in [-0.3, -0.25) is 4.79 Å². The third-order valence-electron chi connectivity index (χ3n) is 2.64. The van der Waals surface area contributed by atoms with Crippen LogP contribution in [-0.4, -0.2) is 22.2 Å². The van der Waals surface area contributed by atoms with Crippen molar-refractivity contribution in [1.29, 1.82) is 0 Å². The van der Waals surface area contributed by atoms with E-state index in [1.54, 1.807) is 12.1 Å². The lowest BCUT2D eigenvalue weighted by molar-refractivity contribution is -0.136. The summed E-state index contributed by atoms with van der Waals surface area (Å²) in [6.07, 6.45) is 0.191. The zero-order chi connectivity index (χ0) is 13.0. The Morgan fingerprint density at radius 3 is 2.35 bits per heavy atom. The minimum Gasteiger partial charge on any atom is -0.481 e. The van der Waals surface area contributed by atoms with E-state index in [2.05, 4.69) is 0 Å². The first-order chi connectivity index (χ1) is 7.91. The van der Waals surface area contributed by atoms with Crippen LogP contribution in [0.1, 0.15) is 47.7 Å². The molecule has 0 amide bonds. The van der Waals surface area contributed by atoms with Gasteiger partial charge in [-0.1, -0.05) is 26.0 Å². The number of aryl methyl sites for hydroxylation is 1. The normalized spacial score (nSPS) is 10.5. The highest BCUT2D eigenvalue weighted by Gasteiger charge is 2.13. The van der Waals surface area contributed by atoms with Gasteiger partial charge >= 0.3 is 11.9 Å². The second-order valence-corrected chi connectivity index (χ2v) is 4.27. The van der Waals surface area contributed by atoms with E-state index in [1.165, 1.54) is 0 Å². The molecule has 0 aromatic heterocycles. The molecule has 0 saturated carbocycles. The standard InChI is InChI=1S/C13H16O4/c1-8(2)10-4-3-9(5-6-12(14)15)11(7-10)13(16)17/h3-4,7-8H,5-6H2,1-2H3,(H,14,15)(H,16,17). The highest BCUT2D eigenvalue weighted by atomic mass is 16.4. The van der Waals surface area contributed by atoms with Gasteiger partial charge in [0, 0.05) is 6.42 Å². The first-order valence-corrected chi connectivity index (χ1v) is 5.49. The van der Waals surface area contributed by atoms with Crippen LogP contribution in [0.25, 0.3) is 0 Å². The third-order valence-corrected chi connectivity index (χ3v) is 2.64. The molecule has 0 unspecified atom stereocenters. The fraction of sp³-hybridized carbons (Fsp3) is 0.385. The van der Waals surface area contributed by atoms with Crippen molar-refractivity contribution in [2.75, 3.05) is 0 Å². The number of carboxylic acids is 2. The van der Waals surface area contributed by atoms with Gasteiger partial charge in [-0.15, -0.1) is 0 Å². The molecule has 92 valence electrons. The van der Waals surface area contributed by atoms with Crippen LogP contribution < -0.4 is 0 Å². The lowest BCUT2D eigenvalue weighted by Gasteiger charge is -2.10. The minimum absolute atomic E-state index is 0.0543. The smallest absolute Gasteiger partial charge is 0.335 e. The predicted molar refractivity (Wildman–Crippen MR) is 63.4 cm³/mol. The molecule has 0 aliphatic heterocycles. The molecule has 2 N–H and O–H groups in total. The quantitative estimate of drug-likeness (QED) is 0.823. The van der Waals surface area contributed by atoms with E-state index in [0.717, 1.165) is 5.56 Å². The fourth-order valence-corrected chi connectivity index (χ4v) is 1.61. The monoisotopic (exact) mass is 236 g/mol. The Kier molecular flexibility index (Phi) is 4.26. The van der Waals surface area contributed by atoms with Gasteiger partial charge in [0.15, 0.2) is 0 Å². The van der Waals surface area contributed by atoms with Crippen LogP contribution in [0.4, 0.5) is 0 Å². The van der Waals surface area contributed by atoms with Crippen molar-refractivity contribution in [2.24, 2.45) is 0 Å². The van der Waals surface area contributed by atoms with E-state index in [4.69, 9.17) is 10.2 Å². The Balaban J connectivity index is 3.04. The summed E-state index contributed by atoms with van der Waals surface area (Å²) in [6.45, 7) is 3.97. The molecule has 0 aliphatic carbocycles. The molecule has 4 nitrogen and oxygen atoms in total. The van der Waals surface area contributed by atoms with E-state index in [-0.39, 0.29) is 24.3 Å². The fourth-order valence-electron chi connectivity index (χ4n) is 1.61. The molecule has 1 aromatic rings. The van der Waals surface area contributed by atoms with Gasteiger partial charge in [0.1, 0.15) is 0 Å². The number of carboxylic acid groups (broad SMARTS) is 2. The molecule has 0 bridgehead atoms. The number of carbonyl (C=O) groups is 2. The molecule has 0 saturated heterocycles. The van der Waals surface area contributed by atoms with Crippen LogP contribution in [0.15, 0.2) is 18.2 Å². The van der Waals surface area contributed by atoms with Gasteiger partial charge in [0.25, 0.3) is 0 Å². The molecule has 0 atom stereocenters. The number of aliphatic carboxylic acids is 1. The Bertz CT molecular complexity index is 435. The van der Waals surface area contributed by atoms with Crippen molar-refractivity contribution in [3.8, 4) is 0 Å². The summed E-state index contributed by atoms with van der Waals surface area (Å²) in [7, 11) is 0. The number of hydrogen-bond donors (Lipinski definition) is 2. The predicted octanol–water partition coefficient (Wildman–Crippen LogP) is 2.53. The Morgan fingerprint density at radius 2 is 1.88 bits per heavy atom. The maximum Gasteiger partial charge on any atom is 0.335 e. The van der Waals surface area contributed by atoms with E-state index in [9.17, 15) is 9.59 Å². The Morgan fingerprint density at radius 1 is 1.24 bits per heavy atom. The Labute approximate surface area is 99.9 Å². The summed E-state index contributed by atoms with van der Waals surface area (Å²) in [5, 5.41) is 17.7. The van der Waals surface area contributed by atoms with Crippen molar-refractivity contribution in [3.05, 3.63) is 34.9 Å². The number of benzene rings is 1. The maximum absolute atomic E-state index is 11.1. The van der Waals surface area contributed by atoms with Gasteiger partial charge in [0.2, 0.25) is 0 Å². The summed E-state index contributed by atoms with van der Waals surface area (Å²) in [5.74, 6) is -1.68. The molecule has 1 rings (SSSR count). The highest BCUT2D eigenvalue weighted by Crippen LogP contribution is 2.20. The molecule has 0 fully saturated rings. The Hall–Kier alpha value is -1.84. The first kappa shape index (κ1) is 13.2. The van der Waals surface area contributed by atoms with Gasteiger partial charge in [-0.25, -0.2) is 4.79 Å². The van der Waals surface area contributed by atoms with Gasteiger partial charge in [-0.05, 0) is 29.5 Å². The third kappa shape index (κ3) is 3.59. The van der Waals surface area contributed by atoms with E-state index in [1.807, 2.05) is 19.9 Å². The lowest BCUT2D eigenvalue weighted by Crippen LogP contribution is -2.06. The van der Waals surface area contributed by atoms with Crippen molar-refractivity contribution >= 4 is 11.9 Å². The number of hydrogen-bond acceptors (Lipinski definition) is 2. The largest absolute Gasteiger partial charge is 0.481 e. The minimum atomic E-state index is -1.01. The molecular formula is C13H16O4. The summed E-state index contributed by atoms with van der Waals surface area (Å²) in [4.78, 5) is 21.6. The maximum atomic E-state index is 11.1. The van der Waals surface area contributed by atoms with E-state index < -0.39 is 11.9 Å². The number of rotatable bonds is 5. The average molecular weight is 236 g/mol. The molecular weight excluding hydrogens is 220 g/mol. The van der Waals surface area contributed by atoms with Crippen LogP contribution in [0.5, 0.6) is 0 Å². The zero-order valence-corrected chi connectivity index (χ0v) is 9.93. The molecule has 0 aliphatic rings. The van der Waals surface area contributed by atoms with Crippen molar-refractivity contribution in [1.82, 2.24) is 0 Å². The molecule has 1 aromatic carbocycles. The zero-order valence-electron chi connectivity index (χ0n) is 9.93. The molecule has 0 spiro atoms. The van der Waals surface area contributed by atoms with Crippen LogP contribution >= 0.6 is 0 Å². The summed E-state index contributed by atoms with van der Waals surface area (Å²) in [5.41, 5.74) is 1.73. The van der Waals surface area contributed by atoms with Gasteiger partial charge in [-0.2, -0.15) is 0 Å². The lowest BCUT2D eigenvalue weighted by atomic mass is 9.95. The topological polar surface area (TPSA) is 74.6 Å². The molecule has 0 heterocycles. The molecule has 17 heavy (non-hydrogen) atoms. The summed E-state index contributed by atoms with van der Waals surface area (Å²) < 4.78 is 0. The van der Waals surface area contributed by atoms with Crippen LogP contribution in [0.3, 0.4) is 0 Å². The second kappa shape index (κ2) is 5.48. The van der Waals surface area contributed by atoms with Crippen molar-refractivity contribution in [3.63, 3.8) is 0 Å². The SMILES string of the molecule is CC(C)c1ccc(CCC(=O)O)c(C(=O)O)c1. The van der Waals surface area contributed by atoms with E-state index >= 15 is 0 Å². The van der Waals surface area contributed by atoms with Crippen LogP contribution in [-0.2, 0) is 11.2 Å². The first-order valence-electron chi connectivity index (χ1n) is 5.49. The van der Waals surface area contributed by atoms with Crippen LogP contribution in [0.2, 0.25) is 0 Å². The van der Waals surface area contributed by atoms with Crippen molar-refractivity contribution < 1.29 is 19.8 Å². The van der Waals surface area contributed by atoms with Crippen LogP contribution in [0, 0.1) is 0 Å². The van der Waals surface area contributed by atoms with Gasteiger partial charge < -0.3 is 10.2 Å².